The molecular weight excluding hydrogens is 314 g/mol. The van der Waals surface area contributed by atoms with Crippen LogP contribution in [0.3, 0.4) is 0 Å². The fraction of sp³-hybridized carbons (Fsp3) is 0.474. The number of anilines is 2. The topological polar surface area (TPSA) is 99.0 Å². The van der Waals surface area contributed by atoms with E-state index in [1.54, 1.807) is 0 Å². The molecule has 25 heavy (non-hydrogen) atoms. The number of nitrogens with one attached hydrogen (secondary N) is 1. The van der Waals surface area contributed by atoms with E-state index in [1.165, 1.54) is 10.2 Å². The summed E-state index contributed by atoms with van der Waals surface area (Å²) in [5.41, 5.74) is 18.7. The molecule has 1 aromatic carbocycles. The van der Waals surface area contributed by atoms with E-state index in [2.05, 4.69) is 36.4 Å². The molecular formula is C19H25N5O. The summed E-state index contributed by atoms with van der Waals surface area (Å²) in [4.78, 5) is 13.3. The normalized spacial score (nSPS) is 22.0. The summed E-state index contributed by atoms with van der Waals surface area (Å²) in [6.07, 6.45) is 3.14. The van der Waals surface area contributed by atoms with E-state index < -0.39 is 0 Å². The maximum Gasteiger partial charge on any atom is 0.256 e. The van der Waals surface area contributed by atoms with Crippen LogP contribution in [0, 0.1) is 13.8 Å². The van der Waals surface area contributed by atoms with Crippen molar-refractivity contribution >= 4 is 17.4 Å². The van der Waals surface area contributed by atoms with Gasteiger partial charge in [-0.2, -0.15) is 9.78 Å². The third-order valence-corrected chi connectivity index (χ3v) is 5.45. The Morgan fingerprint density at radius 1 is 1.32 bits per heavy atom. The van der Waals surface area contributed by atoms with Gasteiger partial charge in [-0.25, -0.2) is 0 Å². The molecule has 0 bridgehead atoms. The van der Waals surface area contributed by atoms with Gasteiger partial charge >= 0.3 is 0 Å². The molecule has 2 heterocycles. The molecule has 5 N–H and O–H groups in total. The summed E-state index contributed by atoms with van der Waals surface area (Å²) in [5, 5.41) is 7.98. The summed E-state index contributed by atoms with van der Waals surface area (Å²) in [6, 6.07) is 4.35. The van der Waals surface area contributed by atoms with Gasteiger partial charge in [0.1, 0.15) is 5.82 Å². The molecule has 2 aliphatic rings. The number of carbonyl (C=O) groups is 1. The zero-order valence-electron chi connectivity index (χ0n) is 14.8. The minimum Gasteiger partial charge on any atom is -0.385 e. The number of fused-ring (bicyclic) bond motifs is 2. The van der Waals surface area contributed by atoms with Gasteiger partial charge in [0.05, 0.1) is 11.6 Å². The first-order chi connectivity index (χ1) is 12.0. The Hall–Kier alpha value is -2.34. The van der Waals surface area contributed by atoms with Gasteiger partial charge in [0.25, 0.3) is 5.91 Å². The van der Waals surface area contributed by atoms with E-state index in [0.717, 1.165) is 53.9 Å². The van der Waals surface area contributed by atoms with Gasteiger partial charge in [-0.05, 0) is 50.7 Å². The van der Waals surface area contributed by atoms with Crippen LogP contribution >= 0.6 is 0 Å². The molecule has 1 aliphatic carbocycles. The first kappa shape index (κ1) is 16.1. The summed E-state index contributed by atoms with van der Waals surface area (Å²) < 4.78 is 1.43. The molecule has 0 amide bonds. The largest absolute Gasteiger partial charge is 0.385 e. The van der Waals surface area contributed by atoms with Crippen LogP contribution in [0.1, 0.15) is 51.5 Å². The Labute approximate surface area is 147 Å². The number of hydrogen-bond donors (Lipinski definition) is 3. The number of nitrogens with two attached hydrogens (primary N) is 2. The second kappa shape index (κ2) is 5.88. The Bertz CT molecular complexity index is 854. The van der Waals surface area contributed by atoms with Crippen LogP contribution in [0.15, 0.2) is 12.1 Å². The van der Waals surface area contributed by atoms with Crippen molar-refractivity contribution in [1.82, 2.24) is 9.78 Å². The molecule has 1 unspecified atom stereocenters. The SMILES string of the molecule is Cc1cc(C)c2c(c1)[C@@H](C(=O)n1nc3c(c1N)CC(N)CC3)CCN2. The van der Waals surface area contributed by atoms with Crippen molar-refractivity contribution in [1.29, 1.82) is 0 Å². The number of carbonyl (C=O) groups excluding carboxylic acids is 1. The predicted molar refractivity (Wildman–Crippen MR) is 99.0 cm³/mol. The molecule has 132 valence electrons. The first-order valence-electron chi connectivity index (χ1n) is 8.96. The quantitative estimate of drug-likeness (QED) is 0.739. The lowest BCUT2D eigenvalue weighted by Gasteiger charge is -2.27. The second-order valence-electron chi connectivity index (χ2n) is 7.38. The lowest BCUT2D eigenvalue weighted by molar-refractivity contribution is 0.0859. The minimum absolute atomic E-state index is 0.0341. The zero-order valence-corrected chi connectivity index (χ0v) is 14.8. The highest BCUT2D eigenvalue weighted by molar-refractivity contribution is 5.90. The van der Waals surface area contributed by atoms with E-state index in [0.29, 0.717) is 12.2 Å². The highest BCUT2D eigenvalue weighted by atomic mass is 16.2. The van der Waals surface area contributed by atoms with Gasteiger partial charge in [0, 0.05) is 23.8 Å². The molecule has 0 saturated carbocycles. The summed E-state index contributed by atoms with van der Waals surface area (Å²) in [6.45, 7) is 4.92. The Morgan fingerprint density at radius 2 is 2.12 bits per heavy atom. The maximum absolute atomic E-state index is 13.3. The fourth-order valence-electron chi connectivity index (χ4n) is 4.21. The van der Waals surface area contributed by atoms with E-state index in [9.17, 15) is 4.79 Å². The molecule has 0 fully saturated rings. The Balaban J connectivity index is 1.74. The summed E-state index contributed by atoms with van der Waals surface area (Å²) >= 11 is 0. The number of nitrogens with zero attached hydrogens (tertiary/aromatic N) is 2. The average molecular weight is 339 g/mol. The van der Waals surface area contributed by atoms with Crippen LogP contribution in [-0.4, -0.2) is 28.3 Å². The van der Waals surface area contributed by atoms with Gasteiger partial charge in [0.15, 0.2) is 0 Å². The van der Waals surface area contributed by atoms with Crippen LogP contribution in [-0.2, 0) is 12.8 Å². The van der Waals surface area contributed by atoms with Gasteiger partial charge in [-0.15, -0.1) is 0 Å². The number of rotatable bonds is 1. The van der Waals surface area contributed by atoms with E-state index in [1.807, 2.05) is 0 Å². The van der Waals surface area contributed by atoms with Crippen molar-refractivity contribution in [3.05, 3.63) is 40.1 Å². The van der Waals surface area contributed by atoms with Crippen molar-refractivity contribution in [2.45, 2.75) is 51.5 Å². The molecule has 2 aromatic rings. The van der Waals surface area contributed by atoms with Crippen LogP contribution in [0.2, 0.25) is 0 Å². The molecule has 1 aromatic heterocycles. The van der Waals surface area contributed by atoms with Crippen molar-refractivity contribution in [3.63, 3.8) is 0 Å². The van der Waals surface area contributed by atoms with Gasteiger partial charge in [0.2, 0.25) is 0 Å². The van der Waals surface area contributed by atoms with E-state index >= 15 is 0 Å². The molecule has 6 nitrogen and oxygen atoms in total. The van der Waals surface area contributed by atoms with Crippen LogP contribution < -0.4 is 16.8 Å². The number of hydrogen-bond acceptors (Lipinski definition) is 5. The van der Waals surface area contributed by atoms with Crippen LogP contribution in [0.4, 0.5) is 11.5 Å². The average Bonchev–Trinajstić information content (AvgIpc) is 2.90. The van der Waals surface area contributed by atoms with Gasteiger partial charge in [-0.1, -0.05) is 17.7 Å². The summed E-state index contributed by atoms with van der Waals surface area (Å²) in [7, 11) is 0. The number of aromatic nitrogens is 2. The maximum atomic E-state index is 13.3. The van der Waals surface area contributed by atoms with Crippen LogP contribution in [0.25, 0.3) is 0 Å². The number of benzene rings is 1. The van der Waals surface area contributed by atoms with Gasteiger partial charge in [-0.3, -0.25) is 4.79 Å². The summed E-state index contributed by atoms with van der Waals surface area (Å²) in [5.74, 6) is 0.222. The lowest BCUT2D eigenvalue weighted by atomic mass is 9.87. The minimum atomic E-state index is -0.216. The number of aryl methyl sites for hydroxylation is 3. The second-order valence-corrected chi connectivity index (χ2v) is 7.38. The van der Waals surface area contributed by atoms with Crippen molar-refractivity contribution < 1.29 is 4.79 Å². The third-order valence-electron chi connectivity index (χ3n) is 5.45. The third kappa shape index (κ3) is 2.61. The first-order valence-corrected chi connectivity index (χ1v) is 8.96. The highest BCUT2D eigenvalue weighted by Gasteiger charge is 2.32. The molecule has 6 heteroatoms. The molecule has 0 radical (unpaired) electrons. The van der Waals surface area contributed by atoms with Crippen molar-refractivity contribution in [2.24, 2.45) is 5.73 Å². The molecule has 0 saturated heterocycles. The molecule has 0 spiro atoms. The smallest absolute Gasteiger partial charge is 0.256 e. The standard InChI is InChI=1S/C19H25N5O/c1-10-7-11(2)17-14(8-10)13(5-6-22-17)19(25)24-18(21)15-9-12(20)3-4-16(15)23-24/h7-8,12-13,22H,3-6,9,20-21H2,1-2H3/t12?,13-/m0/s1. The van der Waals surface area contributed by atoms with E-state index in [-0.39, 0.29) is 17.9 Å². The molecule has 2 atom stereocenters. The Morgan fingerprint density at radius 3 is 2.92 bits per heavy atom. The van der Waals surface area contributed by atoms with Crippen LogP contribution in [0.5, 0.6) is 0 Å². The Kier molecular flexibility index (Phi) is 3.80. The fourth-order valence-corrected chi connectivity index (χ4v) is 4.21. The zero-order chi connectivity index (χ0) is 17.7. The van der Waals surface area contributed by atoms with Crippen molar-refractivity contribution in [2.75, 3.05) is 17.6 Å². The van der Waals surface area contributed by atoms with E-state index in [4.69, 9.17) is 11.5 Å². The predicted octanol–water partition coefficient (Wildman–Crippen LogP) is 2.14. The lowest BCUT2D eigenvalue weighted by Crippen LogP contribution is -2.29. The number of nitrogen functional groups attached to an aromatic ring is 1. The van der Waals surface area contributed by atoms with Crippen molar-refractivity contribution in [3.8, 4) is 0 Å². The highest BCUT2D eigenvalue weighted by Crippen LogP contribution is 2.37. The van der Waals surface area contributed by atoms with Gasteiger partial charge < -0.3 is 16.8 Å². The molecule has 1 aliphatic heterocycles. The monoisotopic (exact) mass is 339 g/mol. The molecule has 4 rings (SSSR count).